The van der Waals surface area contributed by atoms with Gasteiger partial charge in [-0.1, -0.05) is 6.07 Å². The molecule has 5 heteroatoms. The summed E-state index contributed by atoms with van der Waals surface area (Å²) in [6.45, 7) is 5.41. The third-order valence-electron chi connectivity index (χ3n) is 2.19. The van der Waals surface area contributed by atoms with Gasteiger partial charge in [0.05, 0.1) is 6.61 Å². The second kappa shape index (κ2) is 4.94. The van der Waals surface area contributed by atoms with E-state index in [-0.39, 0.29) is 6.04 Å². The zero-order valence-corrected chi connectivity index (χ0v) is 9.55. The Morgan fingerprint density at radius 1 is 1.50 bits per heavy atom. The number of pyridine rings is 1. The maximum absolute atomic E-state index is 5.32. The van der Waals surface area contributed by atoms with Gasteiger partial charge < -0.3 is 10.1 Å². The minimum atomic E-state index is 0.206. The summed E-state index contributed by atoms with van der Waals surface area (Å²) in [6.07, 6.45) is 1.88. The lowest BCUT2D eigenvalue weighted by Gasteiger charge is -2.11. The molecule has 2 heterocycles. The molecule has 0 bridgehead atoms. The molecule has 0 spiro atoms. The fourth-order valence-electron chi connectivity index (χ4n) is 1.45. The summed E-state index contributed by atoms with van der Waals surface area (Å²) >= 11 is 0. The van der Waals surface area contributed by atoms with Crippen molar-refractivity contribution in [2.24, 2.45) is 0 Å². The van der Waals surface area contributed by atoms with Gasteiger partial charge in [0, 0.05) is 18.8 Å². The Balaban J connectivity index is 2.03. The number of rotatable bonds is 5. The molecule has 16 heavy (non-hydrogen) atoms. The minimum absolute atomic E-state index is 0.206. The topological polar surface area (TPSA) is 51.5 Å². The van der Waals surface area contributed by atoms with E-state index in [2.05, 4.69) is 15.4 Å². The zero-order valence-electron chi connectivity index (χ0n) is 9.55. The van der Waals surface area contributed by atoms with Gasteiger partial charge in [-0.05, 0) is 26.0 Å². The first-order valence-electron chi connectivity index (χ1n) is 5.45. The maximum atomic E-state index is 5.32. The van der Waals surface area contributed by atoms with Gasteiger partial charge in [0.15, 0.2) is 5.65 Å². The van der Waals surface area contributed by atoms with Crippen molar-refractivity contribution in [1.29, 1.82) is 0 Å². The highest BCUT2D eigenvalue weighted by atomic mass is 16.5. The number of nitrogens with one attached hydrogen (secondary N) is 1. The van der Waals surface area contributed by atoms with E-state index < -0.39 is 0 Å². The van der Waals surface area contributed by atoms with Crippen LogP contribution in [0.3, 0.4) is 0 Å². The number of hydrogen-bond donors (Lipinski definition) is 1. The van der Waals surface area contributed by atoms with Crippen molar-refractivity contribution in [1.82, 2.24) is 14.6 Å². The Morgan fingerprint density at radius 3 is 3.12 bits per heavy atom. The monoisotopic (exact) mass is 220 g/mol. The van der Waals surface area contributed by atoms with Crippen LogP contribution in [0.2, 0.25) is 0 Å². The van der Waals surface area contributed by atoms with E-state index >= 15 is 0 Å². The van der Waals surface area contributed by atoms with Crippen molar-refractivity contribution in [3.05, 3.63) is 24.4 Å². The fraction of sp³-hybridized carbons (Fsp3) is 0.455. The lowest BCUT2D eigenvalue weighted by atomic mass is 10.4. The van der Waals surface area contributed by atoms with Gasteiger partial charge in [-0.25, -0.2) is 4.52 Å². The van der Waals surface area contributed by atoms with Gasteiger partial charge in [0.1, 0.15) is 0 Å². The molecule has 2 aromatic rings. The summed E-state index contributed by atoms with van der Waals surface area (Å²) in [6, 6.07) is 6.00. The molecule has 0 amide bonds. The molecule has 0 aliphatic heterocycles. The van der Waals surface area contributed by atoms with Crippen molar-refractivity contribution >= 4 is 11.6 Å². The quantitative estimate of drug-likeness (QED) is 0.831. The van der Waals surface area contributed by atoms with Gasteiger partial charge in [0.2, 0.25) is 5.95 Å². The highest BCUT2D eigenvalue weighted by Gasteiger charge is 2.06. The van der Waals surface area contributed by atoms with Gasteiger partial charge in [-0.2, -0.15) is 4.98 Å². The summed E-state index contributed by atoms with van der Waals surface area (Å²) < 4.78 is 7.06. The molecule has 0 aliphatic carbocycles. The SMILES string of the molecule is CCOCC(C)Nc1nc2ccccn2n1. The summed E-state index contributed by atoms with van der Waals surface area (Å²) in [5.74, 6) is 0.637. The van der Waals surface area contributed by atoms with Crippen LogP contribution in [0.25, 0.3) is 5.65 Å². The van der Waals surface area contributed by atoms with E-state index in [1.54, 1.807) is 4.52 Å². The molecular formula is C11H16N4O. The molecule has 2 rings (SSSR count). The Kier molecular flexibility index (Phi) is 3.36. The van der Waals surface area contributed by atoms with Crippen LogP contribution < -0.4 is 5.32 Å². The van der Waals surface area contributed by atoms with Crippen LogP contribution in [0.5, 0.6) is 0 Å². The first kappa shape index (κ1) is 10.9. The molecule has 1 N–H and O–H groups in total. The van der Waals surface area contributed by atoms with Gasteiger partial charge in [-0.15, -0.1) is 5.10 Å². The van der Waals surface area contributed by atoms with E-state index in [4.69, 9.17) is 4.74 Å². The smallest absolute Gasteiger partial charge is 0.243 e. The fourth-order valence-corrected chi connectivity index (χ4v) is 1.45. The predicted octanol–water partition coefficient (Wildman–Crippen LogP) is 1.57. The van der Waals surface area contributed by atoms with Crippen molar-refractivity contribution in [3.8, 4) is 0 Å². The first-order valence-corrected chi connectivity index (χ1v) is 5.45. The van der Waals surface area contributed by atoms with Crippen molar-refractivity contribution in [3.63, 3.8) is 0 Å². The van der Waals surface area contributed by atoms with E-state index in [1.807, 2.05) is 38.2 Å². The van der Waals surface area contributed by atoms with Crippen molar-refractivity contribution in [2.45, 2.75) is 19.9 Å². The molecule has 5 nitrogen and oxygen atoms in total. The molecule has 1 atom stereocenters. The van der Waals surface area contributed by atoms with Crippen LogP contribution >= 0.6 is 0 Å². The Hall–Kier alpha value is -1.62. The molecule has 0 fully saturated rings. The second-order valence-electron chi connectivity index (χ2n) is 3.64. The Morgan fingerprint density at radius 2 is 2.38 bits per heavy atom. The van der Waals surface area contributed by atoms with Crippen LogP contribution in [0.4, 0.5) is 5.95 Å². The summed E-state index contributed by atoms with van der Waals surface area (Å²) in [5, 5.41) is 7.50. The average Bonchev–Trinajstić information content (AvgIpc) is 2.68. The third kappa shape index (κ3) is 2.49. The Bertz CT molecular complexity index is 421. The van der Waals surface area contributed by atoms with Crippen LogP contribution in [-0.4, -0.2) is 33.9 Å². The predicted molar refractivity (Wildman–Crippen MR) is 62.6 cm³/mol. The van der Waals surface area contributed by atoms with E-state index in [9.17, 15) is 0 Å². The Labute approximate surface area is 94.4 Å². The summed E-state index contributed by atoms with van der Waals surface area (Å²) in [5.41, 5.74) is 0.841. The largest absolute Gasteiger partial charge is 0.380 e. The standard InChI is InChI=1S/C11H16N4O/c1-3-16-8-9(2)12-11-13-10-6-4-5-7-15(10)14-11/h4-7,9H,3,8H2,1-2H3,(H,12,14). The summed E-state index contributed by atoms with van der Waals surface area (Å²) in [7, 11) is 0. The van der Waals surface area contributed by atoms with E-state index in [0.717, 1.165) is 12.3 Å². The van der Waals surface area contributed by atoms with Crippen LogP contribution in [-0.2, 0) is 4.74 Å². The minimum Gasteiger partial charge on any atom is -0.380 e. The lowest BCUT2D eigenvalue weighted by Crippen LogP contribution is -2.22. The average molecular weight is 220 g/mol. The molecule has 0 radical (unpaired) electrons. The lowest BCUT2D eigenvalue weighted by molar-refractivity contribution is 0.141. The molecule has 86 valence electrons. The molecule has 0 aromatic carbocycles. The summed E-state index contributed by atoms with van der Waals surface area (Å²) in [4.78, 5) is 4.35. The number of fused-ring (bicyclic) bond motifs is 1. The van der Waals surface area contributed by atoms with E-state index in [1.165, 1.54) is 0 Å². The molecule has 0 saturated heterocycles. The third-order valence-corrected chi connectivity index (χ3v) is 2.19. The van der Waals surface area contributed by atoms with Crippen LogP contribution in [0, 0.1) is 0 Å². The zero-order chi connectivity index (χ0) is 11.4. The van der Waals surface area contributed by atoms with Crippen LogP contribution in [0.15, 0.2) is 24.4 Å². The molecule has 0 aliphatic rings. The number of ether oxygens (including phenoxy) is 1. The van der Waals surface area contributed by atoms with Gasteiger partial charge >= 0.3 is 0 Å². The number of aromatic nitrogens is 3. The van der Waals surface area contributed by atoms with Crippen molar-refractivity contribution < 1.29 is 4.74 Å². The molecular weight excluding hydrogens is 204 g/mol. The van der Waals surface area contributed by atoms with Crippen molar-refractivity contribution in [2.75, 3.05) is 18.5 Å². The van der Waals surface area contributed by atoms with E-state index in [0.29, 0.717) is 12.6 Å². The number of hydrogen-bond acceptors (Lipinski definition) is 4. The van der Waals surface area contributed by atoms with Crippen LogP contribution in [0.1, 0.15) is 13.8 Å². The molecule has 2 aromatic heterocycles. The molecule has 1 unspecified atom stereocenters. The first-order chi connectivity index (χ1) is 7.79. The van der Waals surface area contributed by atoms with Gasteiger partial charge in [-0.3, -0.25) is 0 Å². The van der Waals surface area contributed by atoms with Gasteiger partial charge in [0.25, 0.3) is 0 Å². The normalized spacial score (nSPS) is 12.9. The maximum Gasteiger partial charge on any atom is 0.243 e. The number of anilines is 1. The highest BCUT2D eigenvalue weighted by Crippen LogP contribution is 2.05. The molecule has 0 saturated carbocycles. The highest BCUT2D eigenvalue weighted by molar-refractivity contribution is 5.43. The number of nitrogens with zero attached hydrogens (tertiary/aromatic N) is 3. The second-order valence-corrected chi connectivity index (χ2v) is 3.64.